The number of hydrogen-bond acceptors (Lipinski definition) is 6. The Hall–Kier alpha value is -2.76. The molecule has 0 spiro atoms. The molecule has 0 radical (unpaired) electrons. The monoisotopic (exact) mass is 460 g/mol. The number of methoxy groups -OCH3 is 3. The first-order valence-corrected chi connectivity index (χ1v) is 11.2. The van der Waals surface area contributed by atoms with Crippen molar-refractivity contribution in [3.05, 3.63) is 45.6 Å². The standard InChI is InChI=1S/C27H40O6/c1-17(2)12-11-13-18(3)14-15-20-23(30-8)19(4)21(16-33-26(29)27(5,6)7)22(24(20)31-9)25(28)32-10/h12,14H,11,13,15-16H2,1-10H3. The molecule has 0 aliphatic rings. The maximum absolute atomic E-state index is 12.8. The largest absolute Gasteiger partial charge is 0.496 e. The summed E-state index contributed by atoms with van der Waals surface area (Å²) in [5.41, 5.74) is 4.11. The molecule has 0 N–H and O–H groups in total. The van der Waals surface area contributed by atoms with E-state index in [9.17, 15) is 9.59 Å². The Bertz CT molecular complexity index is 912. The van der Waals surface area contributed by atoms with Gasteiger partial charge in [0.05, 0.1) is 26.7 Å². The Kier molecular flexibility index (Phi) is 10.7. The Morgan fingerprint density at radius 2 is 1.52 bits per heavy atom. The Labute approximate surface area is 198 Å². The van der Waals surface area contributed by atoms with E-state index in [2.05, 4.69) is 32.9 Å². The molecule has 6 heteroatoms. The van der Waals surface area contributed by atoms with E-state index in [0.29, 0.717) is 29.0 Å². The van der Waals surface area contributed by atoms with Crippen molar-refractivity contribution >= 4 is 11.9 Å². The van der Waals surface area contributed by atoms with Crippen LogP contribution in [0, 0.1) is 12.3 Å². The number of esters is 2. The van der Waals surface area contributed by atoms with Gasteiger partial charge >= 0.3 is 11.9 Å². The molecule has 184 valence electrons. The molecule has 0 atom stereocenters. The molecule has 0 fully saturated rings. The van der Waals surface area contributed by atoms with Crippen LogP contribution in [0.5, 0.6) is 11.5 Å². The highest BCUT2D eigenvalue weighted by Gasteiger charge is 2.30. The van der Waals surface area contributed by atoms with Gasteiger partial charge < -0.3 is 18.9 Å². The van der Waals surface area contributed by atoms with Gasteiger partial charge in [-0.15, -0.1) is 0 Å². The molecule has 33 heavy (non-hydrogen) atoms. The number of benzene rings is 1. The molecule has 0 aliphatic carbocycles. The Morgan fingerprint density at radius 1 is 0.909 bits per heavy atom. The van der Waals surface area contributed by atoms with Gasteiger partial charge in [0.2, 0.25) is 0 Å². The average molecular weight is 461 g/mol. The quantitative estimate of drug-likeness (QED) is 0.309. The lowest BCUT2D eigenvalue weighted by Gasteiger charge is -2.23. The second-order valence-electron chi connectivity index (χ2n) is 9.42. The third-order valence-electron chi connectivity index (χ3n) is 5.37. The molecule has 0 saturated heterocycles. The molecule has 0 aliphatic heterocycles. The van der Waals surface area contributed by atoms with Gasteiger partial charge in [0.25, 0.3) is 0 Å². The van der Waals surface area contributed by atoms with Crippen molar-refractivity contribution in [3.8, 4) is 11.5 Å². The summed E-state index contributed by atoms with van der Waals surface area (Å²) in [7, 11) is 4.41. The van der Waals surface area contributed by atoms with Crippen LogP contribution in [-0.4, -0.2) is 33.3 Å². The zero-order valence-electron chi connectivity index (χ0n) is 21.9. The van der Waals surface area contributed by atoms with E-state index >= 15 is 0 Å². The molecule has 0 saturated carbocycles. The van der Waals surface area contributed by atoms with Crippen LogP contribution >= 0.6 is 0 Å². The molecular weight excluding hydrogens is 420 g/mol. The number of rotatable bonds is 10. The third kappa shape index (κ3) is 7.65. The van der Waals surface area contributed by atoms with Crippen LogP contribution in [0.25, 0.3) is 0 Å². The van der Waals surface area contributed by atoms with E-state index < -0.39 is 11.4 Å². The molecule has 1 rings (SSSR count). The van der Waals surface area contributed by atoms with Gasteiger partial charge in [-0.05, 0) is 73.3 Å². The summed E-state index contributed by atoms with van der Waals surface area (Å²) in [4.78, 5) is 25.2. The van der Waals surface area contributed by atoms with Crippen LogP contribution in [0.1, 0.15) is 81.4 Å². The number of ether oxygens (including phenoxy) is 4. The SMILES string of the molecule is COC(=O)c1c(COC(=O)C(C)(C)C)c(C)c(OC)c(CC=C(C)CCC=C(C)C)c1OC. The van der Waals surface area contributed by atoms with E-state index in [4.69, 9.17) is 18.9 Å². The number of allylic oxidation sites excluding steroid dienone is 4. The minimum Gasteiger partial charge on any atom is -0.496 e. The predicted molar refractivity (Wildman–Crippen MR) is 131 cm³/mol. The van der Waals surface area contributed by atoms with E-state index in [-0.39, 0.29) is 18.1 Å². The fraction of sp³-hybridized carbons (Fsp3) is 0.556. The van der Waals surface area contributed by atoms with Crippen LogP contribution < -0.4 is 9.47 Å². The van der Waals surface area contributed by atoms with Crippen molar-refractivity contribution in [2.75, 3.05) is 21.3 Å². The summed E-state index contributed by atoms with van der Waals surface area (Å²) in [5.74, 6) is 0.0636. The summed E-state index contributed by atoms with van der Waals surface area (Å²) < 4.78 is 22.0. The fourth-order valence-electron chi connectivity index (χ4n) is 3.45. The second-order valence-corrected chi connectivity index (χ2v) is 9.42. The van der Waals surface area contributed by atoms with Crippen LogP contribution in [0.4, 0.5) is 0 Å². The lowest BCUT2D eigenvalue weighted by atomic mass is 9.93. The van der Waals surface area contributed by atoms with Gasteiger partial charge in [0.15, 0.2) is 0 Å². The first kappa shape index (κ1) is 28.3. The lowest BCUT2D eigenvalue weighted by Crippen LogP contribution is -2.24. The van der Waals surface area contributed by atoms with E-state index in [1.54, 1.807) is 27.9 Å². The number of carbonyl (C=O) groups excluding carboxylic acids is 2. The van der Waals surface area contributed by atoms with Crippen molar-refractivity contribution in [3.63, 3.8) is 0 Å². The summed E-state index contributed by atoms with van der Waals surface area (Å²) in [5, 5.41) is 0. The molecular formula is C27H40O6. The topological polar surface area (TPSA) is 71.1 Å². The van der Waals surface area contributed by atoms with Crippen molar-refractivity contribution in [1.29, 1.82) is 0 Å². The van der Waals surface area contributed by atoms with Gasteiger partial charge in [0.1, 0.15) is 23.7 Å². The maximum atomic E-state index is 12.8. The summed E-state index contributed by atoms with van der Waals surface area (Å²) in [6.45, 7) is 13.4. The molecule has 1 aromatic carbocycles. The van der Waals surface area contributed by atoms with Gasteiger partial charge in [-0.25, -0.2) is 4.79 Å². The minimum absolute atomic E-state index is 0.0864. The fourth-order valence-corrected chi connectivity index (χ4v) is 3.45. The Morgan fingerprint density at radius 3 is 2.00 bits per heavy atom. The van der Waals surface area contributed by atoms with Gasteiger partial charge in [0, 0.05) is 11.1 Å². The molecule has 6 nitrogen and oxygen atoms in total. The van der Waals surface area contributed by atoms with Crippen molar-refractivity contribution in [1.82, 2.24) is 0 Å². The summed E-state index contributed by atoms with van der Waals surface area (Å²) >= 11 is 0. The van der Waals surface area contributed by atoms with E-state index in [1.807, 2.05) is 6.92 Å². The maximum Gasteiger partial charge on any atom is 0.342 e. The smallest absolute Gasteiger partial charge is 0.342 e. The zero-order chi connectivity index (χ0) is 25.3. The van der Waals surface area contributed by atoms with Gasteiger partial charge in [-0.1, -0.05) is 23.3 Å². The molecule has 0 unspecified atom stereocenters. The Balaban J connectivity index is 3.53. The average Bonchev–Trinajstić information content (AvgIpc) is 2.74. The minimum atomic E-state index is -0.665. The molecule has 0 heterocycles. The highest BCUT2D eigenvalue weighted by Crippen LogP contribution is 2.40. The van der Waals surface area contributed by atoms with Crippen LogP contribution in [0.3, 0.4) is 0 Å². The highest BCUT2D eigenvalue weighted by molar-refractivity contribution is 5.96. The van der Waals surface area contributed by atoms with Crippen LogP contribution in [0.15, 0.2) is 23.3 Å². The highest BCUT2D eigenvalue weighted by atomic mass is 16.5. The molecule has 0 bridgehead atoms. The first-order chi connectivity index (χ1) is 15.4. The number of carbonyl (C=O) groups is 2. The van der Waals surface area contributed by atoms with Crippen molar-refractivity contribution in [2.45, 2.75) is 74.3 Å². The second kappa shape index (κ2) is 12.5. The van der Waals surface area contributed by atoms with E-state index in [0.717, 1.165) is 18.4 Å². The van der Waals surface area contributed by atoms with Crippen LogP contribution in [-0.2, 0) is 27.3 Å². The summed E-state index contributed by atoms with van der Waals surface area (Å²) in [6, 6.07) is 0. The number of hydrogen-bond donors (Lipinski definition) is 0. The lowest BCUT2D eigenvalue weighted by molar-refractivity contribution is -0.154. The molecule has 0 amide bonds. The van der Waals surface area contributed by atoms with Crippen molar-refractivity contribution < 1.29 is 28.5 Å². The van der Waals surface area contributed by atoms with Crippen molar-refractivity contribution in [2.24, 2.45) is 5.41 Å². The molecule has 0 aromatic heterocycles. The summed E-state index contributed by atoms with van der Waals surface area (Å²) in [6.07, 6.45) is 6.79. The van der Waals surface area contributed by atoms with E-state index in [1.165, 1.54) is 25.4 Å². The first-order valence-electron chi connectivity index (χ1n) is 11.2. The predicted octanol–water partition coefficient (Wildman–Crippen LogP) is 6.12. The zero-order valence-corrected chi connectivity index (χ0v) is 21.9. The normalized spacial score (nSPS) is 11.6. The van der Waals surface area contributed by atoms with Gasteiger partial charge in [-0.3, -0.25) is 4.79 Å². The third-order valence-corrected chi connectivity index (χ3v) is 5.37. The van der Waals surface area contributed by atoms with Crippen LogP contribution in [0.2, 0.25) is 0 Å². The molecule has 1 aromatic rings. The van der Waals surface area contributed by atoms with Gasteiger partial charge in [-0.2, -0.15) is 0 Å².